The lowest BCUT2D eigenvalue weighted by molar-refractivity contribution is -0.384. The van der Waals surface area contributed by atoms with Crippen molar-refractivity contribution in [3.05, 3.63) is 39.9 Å². The highest BCUT2D eigenvalue weighted by atomic mass is 16.6. The van der Waals surface area contributed by atoms with Gasteiger partial charge in [-0.25, -0.2) is 4.79 Å². The highest BCUT2D eigenvalue weighted by Gasteiger charge is 2.49. The number of nitro benzene ring substituents is 1. The summed E-state index contributed by atoms with van der Waals surface area (Å²) in [4.78, 5) is 47.7. The molecule has 9 heteroatoms. The van der Waals surface area contributed by atoms with Crippen molar-refractivity contribution in [1.82, 2.24) is 15.5 Å². The van der Waals surface area contributed by atoms with Crippen LogP contribution in [0, 0.1) is 10.1 Å². The predicted molar refractivity (Wildman–Crippen MR) is 88.6 cm³/mol. The number of nitrogens with one attached hydrogen (secondary N) is 2. The Bertz CT molecular complexity index is 703. The number of nitrogens with zero attached hydrogens (tertiary/aromatic N) is 2. The summed E-state index contributed by atoms with van der Waals surface area (Å²) in [5.41, 5.74) is -1.07. The van der Waals surface area contributed by atoms with E-state index >= 15 is 0 Å². The number of benzene rings is 1. The van der Waals surface area contributed by atoms with E-state index in [1.165, 1.54) is 31.2 Å². The fraction of sp³-hybridized carbons (Fsp3) is 0.438. The number of urea groups is 1. The molecular formula is C16H20N4O5. The van der Waals surface area contributed by atoms with Gasteiger partial charge in [0.05, 0.1) is 4.92 Å². The van der Waals surface area contributed by atoms with Gasteiger partial charge in [0.2, 0.25) is 5.91 Å². The maximum absolute atomic E-state index is 12.7. The zero-order valence-electron chi connectivity index (χ0n) is 14.1. The molecule has 1 aromatic rings. The summed E-state index contributed by atoms with van der Waals surface area (Å²) in [7, 11) is 0. The first-order valence-electron chi connectivity index (χ1n) is 7.95. The van der Waals surface area contributed by atoms with Crippen LogP contribution in [0.25, 0.3) is 0 Å². The van der Waals surface area contributed by atoms with Crippen LogP contribution >= 0.6 is 0 Å². The Labute approximate surface area is 144 Å². The van der Waals surface area contributed by atoms with E-state index in [0.29, 0.717) is 12.1 Å². The number of unbranched alkanes of at least 4 members (excludes halogenated alkanes) is 1. The summed E-state index contributed by atoms with van der Waals surface area (Å²) < 4.78 is 0. The summed E-state index contributed by atoms with van der Waals surface area (Å²) in [6.45, 7) is 3.61. The molecule has 134 valence electrons. The van der Waals surface area contributed by atoms with E-state index in [-0.39, 0.29) is 12.2 Å². The van der Waals surface area contributed by atoms with Crippen molar-refractivity contribution in [2.24, 2.45) is 0 Å². The van der Waals surface area contributed by atoms with Crippen LogP contribution in [0.5, 0.6) is 0 Å². The Morgan fingerprint density at radius 2 is 1.96 bits per heavy atom. The molecule has 1 saturated heterocycles. The molecule has 1 aliphatic heterocycles. The molecule has 1 fully saturated rings. The third kappa shape index (κ3) is 3.76. The monoisotopic (exact) mass is 348 g/mol. The fourth-order valence-corrected chi connectivity index (χ4v) is 2.56. The number of carbonyl (C=O) groups is 3. The molecule has 1 heterocycles. The Kier molecular flexibility index (Phi) is 5.35. The number of hydrogen-bond acceptors (Lipinski definition) is 5. The zero-order chi connectivity index (χ0) is 18.6. The lowest BCUT2D eigenvalue weighted by Crippen LogP contribution is -2.43. The molecule has 4 amide bonds. The van der Waals surface area contributed by atoms with E-state index in [9.17, 15) is 24.5 Å². The van der Waals surface area contributed by atoms with Gasteiger partial charge in [-0.3, -0.25) is 24.6 Å². The normalized spacial score (nSPS) is 19.7. The number of non-ortho nitro benzene ring substituents is 1. The standard InChI is InChI=1S/C16H20N4O5/c1-3-4-9-17-13(21)10-19-14(22)16(2,18-15(19)23)11-5-7-12(8-6-11)20(24)25/h5-8H,3-4,9-10H2,1-2H3,(H,17,21)(H,18,23). The number of carbonyl (C=O) groups excluding carboxylic acids is 3. The van der Waals surface area contributed by atoms with Crippen LogP contribution in [0.4, 0.5) is 10.5 Å². The number of rotatable bonds is 7. The second kappa shape index (κ2) is 7.29. The summed E-state index contributed by atoms with van der Waals surface area (Å²) in [5.74, 6) is -0.984. The number of imide groups is 1. The average Bonchev–Trinajstić information content (AvgIpc) is 2.79. The minimum absolute atomic E-state index is 0.115. The van der Waals surface area contributed by atoms with Crippen molar-refractivity contribution in [2.45, 2.75) is 32.2 Å². The molecule has 0 bridgehead atoms. The first kappa shape index (κ1) is 18.4. The van der Waals surface area contributed by atoms with Crippen LogP contribution < -0.4 is 10.6 Å². The summed E-state index contributed by atoms with van der Waals surface area (Å²) in [5, 5.41) is 15.9. The molecule has 0 radical (unpaired) electrons. The lowest BCUT2D eigenvalue weighted by atomic mass is 9.92. The molecule has 0 spiro atoms. The van der Waals surface area contributed by atoms with Gasteiger partial charge in [0, 0.05) is 18.7 Å². The Morgan fingerprint density at radius 3 is 2.52 bits per heavy atom. The van der Waals surface area contributed by atoms with Gasteiger partial charge in [-0.15, -0.1) is 0 Å². The van der Waals surface area contributed by atoms with Gasteiger partial charge in [-0.1, -0.05) is 13.3 Å². The first-order chi connectivity index (χ1) is 11.8. The van der Waals surface area contributed by atoms with E-state index in [1.54, 1.807) is 0 Å². The largest absolute Gasteiger partial charge is 0.355 e. The Balaban J connectivity index is 2.13. The van der Waals surface area contributed by atoms with Crippen LogP contribution in [-0.4, -0.2) is 40.8 Å². The van der Waals surface area contributed by atoms with Gasteiger partial charge in [0.15, 0.2) is 0 Å². The van der Waals surface area contributed by atoms with Gasteiger partial charge >= 0.3 is 6.03 Å². The van der Waals surface area contributed by atoms with Crippen molar-refractivity contribution in [3.63, 3.8) is 0 Å². The van der Waals surface area contributed by atoms with E-state index in [0.717, 1.165) is 17.7 Å². The third-order valence-electron chi connectivity index (χ3n) is 4.08. The third-order valence-corrected chi connectivity index (χ3v) is 4.08. The minimum Gasteiger partial charge on any atom is -0.355 e. The molecule has 1 aliphatic rings. The quantitative estimate of drug-likeness (QED) is 0.333. The highest BCUT2D eigenvalue weighted by molar-refractivity contribution is 6.09. The van der Waals surface area contributed by atoms with Crippen LogP contribution in [0.1, 0.15) is 32.3 Å². The molecule has 1 atom stereocenters. The van der Waals surface area contributed by atoms with Crippen LogP contribution in [0.2, 0.25) is 0 Å². The molecule has 9 nitrogen and oxygen atoms in total. The topological polar surface area (TPSA) is 122 Å². The summed E-state index contributed by atoms with van der Waals surface area (Å²) in [6, 6.07) is 4.69. The maximum Gasteiger partial charge on any atom is 0.325 e. The van der Waals surface area contributed by atoms with Crippen molar-refractivity contribution < 1.29 is 19.3 Å². The average molecular weight is 348 g/mol. The predicted octanol–water partition coefficient (Wildman–Crippen LogP) is 1.28. The molecule has 2 rings (SSSR count). The second-order valence-electron chi connectivity index (χ2n) is 5.95. The smallest absolute Gasteiger partial charge is 0.325 e. The van der Waals surface area contributed by atoms with E-state index in [4.69, 9.17) is 0 Å². The molecule has 1 unspecified atom stereocenters. The molecule has 0 aliphatic carbocycles. The van der Waals surface area contributed by atoms with Crippen LogP contribution in [-0.2, 0) is 15.1 Å². The molecular weight excluding hydrogens is 328 g/mol. The Hall–Kier alpha value is -2.97. The van der Waals surface area contributed by atoms with Crippen molar-refractivity contribution >= 4 is 23.5 Å². The maximum atomic E-state index is 12.7. The fourth-order valence-electron chi connectivity index (χ4n) is 2.56. The van der Waals surface area contributed by atoms with Gasteiger partial charge in [-0.05, 0) is 31.0 Å². The molecule has 2 N–H and O–H groups in total. The Morgan fingerprint density at radius 1 is 1.32 bits per heavy atom. The minimum atomic E-state index is -1.37. The molecule has 1 aromatic carbocycles. The van der Waals surface area contributed by atoms with Gasteiger partial charge in [0.1, 0.15) is 12.1 Å². The van der Waals surface area contributed by atoms with Crippen molar-refractivity contribution in [3.8, 4) is 0 Å². The number of hydrogen-bond donors (Lipinski definition) is 2. The second-order valence-corrected chi connectivity index (χ2v) is 5.95. The molecule has 0 saturated carbocycles. The van der Waals surface area contributed by atoms with Crippen molar-refractivity contribution in [1.29, 1.82) is 0 Å². The van der Waals surface area contributed by atoms with Crippen LogP contribution in [0.15, 0.2) is 24.3 Å². The van der Waals surface area contributed by atoms with Gasteiger partial charge in [-0.2, -0.15) is 0 Å². The zero-order valence-corrected chi connectivity index (χ0v) is 14.1. The number of amides is 4. The van der Waals surface area contributed by atoms with Gasteiger partial charge in [0.25, 0.3) is 11.6 Å². The van der Waals surface area contributed by atoms with Crippen LogP contribution in [0.3, 0.4) is 0 Å². The van der Waals surface area contributed by atoms with E-state index < -0.39 is 28.3 Å². The summed E-state index contributed by atoms with van der Waals surface area (Å²) >= 11 is 0. The highest BCUT2D eigenvalue weighted by Crippen LogP contribution is 2.29. The SMILES string of the molecule is CCCCNC(=O)CN1C(=O)NC(C)(c2ccc([N+](=O)[O-])cc2)C1=O. The van der Waals surface area contributed by atoms with E-state index in [1.807, 2.05) is 6.92 Å². The van der Waals surface area contributed by atoms with E-state index in [2.05, 4.69) is 10.6 Å². The molecule has 25 heavy (non-hydrogen) atoms. The lowest BCUT2D eigenvalue weighted by Gasteiger charge is -2.22. The number of nitro groups is 1. The first-order valence-corrected chi connectivity index (χ1v) is 7.95. The summed E-state index contributed by atoms with van der Waals surface area (Å²) in [6.07, 6.45) is 1.73. The van der Waals surface area contributed by atoms with Crippen molar-refractivity contribution in [2.75, 3.05) is 13.1 Å². The molecule has 0 aromatic heterocycles. The van der Waals surface area contributed by atoms with Gasteiger partial charge < -0.3 is 10.6 Å².